The highest BCUT2D eigenvalue weighted by Gasteiger charge is 2.40. The van der Waals surface area contributed by atoms with Crippen molar-refractivity contribution < 1.29 is 4.79 Å². The van der Waals surface area contributed by atoms with Gasteiger partial charge in [0.2, 0.25) is 5.91 Å². The Hall–Kier alpha value is -0.580. The molecule has 0 aromatic heterocycles. The number of amides is 1. The molecule has 0 atom stereocenters. The molecule has 1 fully saturated rings. The van der Waals surface area contributed by atoms with Crippen molar-refractivity contribution in [2.45, 2.75) is 44.1 Å². The smallest absolute Gasteiger partial charge is 0.247 e. The lowest BCUT2D eigenvalue weighted by atomic mass is 9.81. The van der Waals surface area contributed by atoms with Crippen LogP contribution in [0.5, 0.6) is 0 Å². The van der Waals surface area contributed by atoms with Crippen LogP contribution >= 0.6 is 28.3 Å². The number of halogens is 2. The zero-order chi connectivity index (χ0) is 13.5. The van der Waals surface area contributed by atoms with Crippen LogP contribution in [0.1, 0.15) is 37.7 Å². The Morgan fingerprint density at radius 3 is 2.65 bits per heavy atom. The summed E-state index contributed by atoms with van der Waals surface area (Å²) in [6.07, 6.45) is 5.93. The minimum atomic E-state index is -0.632. The first kappa shape index (κ1) is 15.8. The molecule has 1 aromatic rings. The minimum Gasteiger partial charge on any atom is -0.317 e. The fourth-order valence-corrected chi connectivity index (χ4v) is 3.66. The summed E-state index contributed by atoms with van der Waals surface area (Å²) in [5.41, 5.74) is 8.02. The number of benzene rings is 1. The second-order valence-electron chi connectivity index (χ2n) is 5.70. The summed E-state index contributed by atoms with van der Waals surface area (Å²) in [6, 6.07) is 6.12. The third kappa shape index (κ3) is 2.74. The van der Waals surface area contributed by atoms with E-state index in [0.29, 0.717) is 0 Å². The maximum absolute atomic E-state index is 12.8. The molecule has 1 saturated carbocycles. The maximum Gasteiger partial charge on any atom is 0.247 e. The summed E-state index contributed by atoms with van der Waals surface area (Å²) in [5, 5.41) is 0. The summed E-state index contributed by atoms with van der Waals surface area (Å²) in [4.78, 5) is 14.7. The molecule has 3 rings (SSSR count). The molecular weight excluding hydrogens is 340 g/mol. The fraction of sp³-hybridized carbons (Fsp3) is 0.533. The van der Waals surface area contributed by atoms with Gasteiger partial charge in [0.1, 0.15) is 0 Å². The highest BCUT2D eigenvalue weighted by atomic mass is 79.9. The quantitative estimate of drug-likeness (QED) is 0.835. The first-order valence-corrected chi connectivity index (χ1v) is 7.79. The van der Waals surface area contributed by atoms with E-state index in [4.69, 9.17) is 5.73 Å². The Kier molecular flexibility index (Phi) is 4.77. The van der Waals surface area contributed by atoms with Crippen molar-refractivity contribution in [2.75, 3.05) is 11.4 Å². The number of hydrogen-bond donors (Lipinski definition) is 1. The van der Waals surface area contributed by atoms with E-state index in [-0.39, 0.29) is 18.3 Å². The van der Waals surface area contributed by atoms with Crippen LogP contribution in [0.3, 0.4) is 0 Å². The van der Waals surface area contributed by atoms with Gasteiger partial charge in [-0.2, -0.15) is 0 Å². The van der Waals surface area contributed by atoms with Crippen LogP contribution in [0.15, 0.2) is 22.7 Å². The lowest BCUT2D eigenvalue weighted by Gasteiger charge is -2.35. The third-order valence-corrected chi connectivity index (χ3v) is 4.85. The zero-order valence-electron chi connectivity index (χ0n) is 11.4. The van der Waals surface area contributed by atoms with Crippen molar-refractivity contribution in [3.8, 4) is 0 Å². The van der Waals surface area contributed by atoms with E-state index in [1.807, 2.05) is 17.0 Å². The number of nitrogens with two attached hydrogens (primary N) is 1. The zero-order valence-corrected chi connectivity index (χ0v) is 13.8. The number of anilines is 1. The minimum absolute atomic E-state index is 0. The van der Waals surface area contributed by atoms with Crippen LogP contribution < -0.4 is 10.6 Å². The van der Waals surface area contributed by atoms with E-state index < -0.39 is 5.54 Å². The monoisotopic (exact) mass is 358 g/mol. The van der Waals surface area contributed by atoms with Gasteiger partial charge in [0.25, 0.3) is 0 Å². The van der Waals surface area contributed by atoms with Gasteiger partial charge in [0.15, 0.2) is 0 Å². The third-order valence-electron chi connectivity index (χ3n) is 4.35. The van der Waals surface area contributed by atoms with Gasteiger partial charge in [-0.3, -0.25) is 4.79 Å². The topological polar surface area (TPSA) is 46.3 Å². The Labute approximate surface area is 134 Å². The van der Waals surface area contributed by atoms with E-state index in [0.717, 1.165) is 48.8 Å². The lowest BCUT2D eigenvalue weighted by Crippen LogP contribution is -2.56. The van der Waals surface area contributed by atoms with E-state index >= 15 is 0 Å². The van der Waals surface area contributed by atoms with Gasteiger partial charge in [-0.1, -0.05) is 35.2 Å². The molecule has 1 aromatic carbocycles. The number of fused-ring (bicyclic) bond motifs is 1. The van der Waals surface area contributed by atoms with E-state index in [9.17, 15) is 4.79 Å². The van der Waals surface area contributed by atoms with Gasteiger partial charge >= 0.3 is 0 Å². The highest BCUT2D eigenvalue weighted by Crippen LogP contribution is 2.35. The number of nitrogens with zero attached hydrogens (tertiary/aromatic N) is 1. The van der Waals surface area contributed by atoms with Crippen molar-refractivity contribution in [1.82, 2.24) is 0 Å². The molecule has 0 bridgehead atoms. The largest absolute Gasteiger partial charge is 0.317 e. The average Bonchev–Trinajstić information content (AvgIpc) is 2.81. The molecular formula is C15H20BrClN2O. The van der Waals surface area contributed by atoms with Crippen molar-refractivity contribution in [1.29, 1.82) is 0 Å². The van der Waals surface area contributed by atoms with Crippen LogP contribution in [0.25, 0.3) is 0 Å². The molecule has 1 aliphatic heterocycles. The molecule has 20 heavy (non-hydrogen) atoms. The van der Waals surface area contributed by atoms with Crippen LogP contribution in [-0.2, 0) is 11.2 Å². The maximum atomic E-state index is 12.8. The van der Waals surface area contributed by atoms with E-state index in [2.05, 4.69) is 22.0 Å². The standard InChI is InChI=1S/C15H19BrN2O.ClH/c16-12-4-5-13-11(10-12)6-9-18(13)14(19)15(17)7-2-1-3-8-15;/h4-5,10H,1-3,6-9,17H2;1H. The Morgan fingerprint density at radius 2 is 1.95 bits per heavy atom. The predicted molar refractivity (Wildman–Crippen MR) is 87.5 cm³/mol. The number of carbonyl (C=O) groups is 1. The SMILES string of the molecule is Cl.NC1(C(=O)N2CCc3cc(Br)ccc32)CCCCC1. The van der Waals surface area contributed by atoms with Gasteiger partial charge in [-0.25, -0.2) is 0 Å². The molecule has 0 saturated heterocycles. The molecule has 2 N–H and O–H groups in total. The highest BCUT2D eigenvalue weighted by molar-refractivity contribution is 9.10. The van der Waals surface area contributed by atoms with Gasteiger partial charge in [-0.05, 0) is 43.0 Å². The fourth-order valence-electron chi connectivity index (χ4n) is 3.25. The summed E-state index contributed by atoms with van der Waals surface area (Å²) in [7, 11) is 0. The normalized spacial score (nSPS) is 20.2. The molecule has 1 amide bonds. The average molecular weight is 360 g/mol. The van der Waals surface area contributed by atoms with E-state index in [1.165, 1.54) is 12.0 Å². The number of hydrogen-bond acceptors (Lipinski definition) is 2. The molecule has 1 heterocycles. The van der Waals surface area contributed by atoms with Crippen molar-refractivity contribution in [3.05, 3.63) is 28.2 Å². The summed E-state index contributed by atoms with van der Waals surface area (Å²) in [5.74, 6) is 0.119. The van der Waals surface area contributed by atoms with Crippen LogP contribution in [-0.4, -0.2) is 18.0 Å². The Bertz CT molecular complexity index is 515. The molecule has 1 aliphatic carbocycles. The van der Waals surface area contributed by atoms with Gasteiger partial charge < -0.3 is 10.6 Å². The first-order valence-electron chi connectivity index (χ1n) is 6.99. The number of carbonyl (C=O) groups excluding carboxylic acids is 1. The molecule has 0 radical (unpaired) electrons. The van der Waals surface area contributed by atoms with Gasteiger partial charge in [0, 0.05) is 16.7 Å². The lowest BCUT2D eigenvalue weighted by molar-refractivity contribution is -0.124. The second kappa shape index (κ2) is 6.04. The van der Waals surface area contributed by atoms with Crippen molar-refractivity contribution in [3.63, 3.8) is 0 Å². The summed E-state index contributed by atoms with van der Waals surface area (Å²) >= 11 is 3.48. The predicted octanol–water partition coefficient (Wildman–Crippen LogP) is 3.42. The second-order valence-corrected chi connectivity index (χ2v) is 6.61. The molecule has 0 unspecified atom stereocenters. The van der Waals surface area contributed by atoms with Gasteiger partial charge in [-0.15, -0.1) is 12.4 Å². The van der Waals surface area contributed by atoms with Crippen LogP contribution in [0.2, 0.25) is 0 Å². The summed E-state index contributed by atoms with van der Waals surface area (Å²) < 4.78 is 1.07. The van der Waals surface area contributed by atoms with Crippen LogP contribution in [0.4, 0.5) is 5.69 Å². The number of rotatable bonds is 1. The van der Waals surface area contributed by atoms with E-state index in [1.54, 1.807) is 0 Å². The molecule has 3 nitrogen and oxygen atoms in total. The van der Waals surface area contributed by atoms with Crippen LogP contribution in [0, 0.1) is 0 Å². The molecule has 110 valence electrons. The summed E-state index contributed by atoms with van der Waals surface area (Å²) in [6.45, 7) is 0.767. The van der Waals surface area contributed by atoms with Gasteiger partial charge in [0.05, 0.1) is 5.54 Å². The molecule has 0 spiro atoms. The first-order chi connectivity index (χ1) is 9.10. The Balaban J connectivity index is 0.00000147. The van der Waals surface area contributed by atoms with Crippen molar-refractivity contribution in [2.24, 2.45) is 5.73 Å². The molecule has 2 aliphatic rings. The Morgan fingerprint density at radius 1 is 1.25 bits per heavy atom. The van der Waals surface area contributed by atoms with Crippen molar-refractivity contribution >= 4 is 39.9 Å². The molecule has 5 heteroatoms.